The van der Waals surface area contributed by atoms with E-state index in [9.17, 15) is 0 Å². The standard InChI is InChI=1S/C14H21N7/c1-8-5-12(11(4)18-17-8)13-16-14(20-19-13)21-6-9(2)15-10(3)7-21/h5,9-10,15H,6-7H2,1-4H3,(H,16,19,20). The number of hydrogen-bond donors (Lipinski definition) is 2. The number of aromatic nitrogens is 5. The van der Waals surface area contributed by atoms with Crippen LogP contribution >= 0.6 is 0 Å². The lowest BCUT2D eigenvalue weighted by Gasteiger charge is -2.35. The first-order valence-corrected chi connectivity index (χ1v) is 7.27. The van der Waals surface area contributed by atoms with E-state index in [0.717, 1.165) is 41.8 Å². The molecule has 2 unspecified atom stereocenters. The van der Waals surface area contributed by atoms with Crippen LogP contribution in [0.15, 0.2) is 6.07 Å². The van der Waals surface area contributed by atoms with Gasteiger partial charge in [-0.15, -0.1) is 5.10 Å². The highest BCUT2D eigenvalue weighted by molar-refractivity contribution is 5.59. The largest absolute Gasteiger partial charge is 0.336 e. The van der Waals surface area contributed by atoms with E-state index < -0.39 is 0 Å². The maximum Gasteiger partial charge on any atom is 0.245 e. The van der Waals surface area contributed by atoms with E-state index in [1.807, 2.05) is 19.9 Å². The van der Waals surface area contributed by atoms with Gasteiger partial charge < -0.3 is 10.2 Å². The first kappa shape index (κ1) is 13.9. The van der Waals surface area contributed by atoms with Gasteiger partial charge in [-0.3, -0.25) is 5.10 Å². The van der Waals surface area contributed by atoms with Crippen LogP contribution in [0.25, 0.3) is 11.4 Å². The van der Waals surface area contributed by atoms with Crippen molar-refractivity contribution in [3.63, 3.8) is 0 Å². The SMILES string of the molecule is Cc1cc(-c2nc(N3CC(C)NC(C)C3)n[nH]2)c(C)nn1. The maximum absolute atomic E-state index is 4.64. The fourth-order valence-electron chi connectivity index (χ4n) is 2.79. The topological polar surface area (TPSA) is 82.6 Å². The van der Waals surface area contributed by atoms with Crippen LogP contribution < -0.4 is 10.2 Å². The summed E-state index contributed by atoms with van der Waals surface area (Å²) < 4.78 is 0. The number of anilines is 1. The lowest BCUT2D eigenvalue weighted by Crippen LogP contribution is -2.54. The molecule has 7 nitrogen and oxygen atoms in total. The number of rotatable bonds is 2. The minimum absolute atomic E-state index is 0.433. The van der Waals surface area contributed by atoms with Crippen LogP contribution in [0.3, 0.4) is 0 Å². The molecule has 0 saturated carbocycles. The highest BCUT2D eigenvalue weighted by atomic mass is 15.4. The predicted molar refractivity (Wildman–Crippen MR) is 81.2 cm³/mol. The monoisotopic (exact) mass is 287 g/mol. The summed E-state index contributed by atoms with van der Waals surface area (Å²) in [5, 5.41) is 19.1. The fraction of sp³-hybridized carbons (Fsp3) is 0.571. The molecule has 0 spiro atoms. The lowest BCUT2D eigenvalue weighted by molar-refractivity contribution is 0.403. The number of nitrogens with one attached hydrogen (secondary N) is 2. The number of piperazine rings is 1. The van der Waals surface area contributed by atoms with Crippen molar-refractivity contribution in [2.24, 2.45) is 0 Å². The van der Waals surface area contributed by atoms with E-state index in [4.69, 9.17) is 0 Å². The molecule has 2 N–H and O–H groups in total. The van der Waals surface area contributed by atoms with Crippen molar-refractivity contribution in [1.29, 1.82) is 0 Å². The molecule has 0 aliphatic carbocycles. The summed E-state index contributed by atoms with van der Waals surface area (Å²) >= 11 is 0. The van der Waals surface area contributed by atoms with E-state index in [2.05, 4.69) is 49.4 Å². The zero-order valence-corrected chi connectivity index (χ0v) is 12.9. The third-order valence-corrected chi connectivity index (χ3v) is 3.67. The number of aryl methyl sites for hydroxylation is 2. The van der Waals surface area contributed by atoms with Crippen molar-refractivity contribution < 1.29 is 0 Å². The molecular formula is C14H21N7. The molecule has 1 saturated heterocycles. The van der Waals surface area contributed by atoms with Crippen LogP contribution in [-0.2, 0) is 0 Å². The zero-order chi connectivity index (χ0) is 15.0. The maximum atomic E-state index is 4.64. The van der Waals surface area contributed by atoms with Gasteiger partial charge in [-0.2, -0.15) is 15.2 Å². The van der Waals surface area contributed by atoms with Gasteiger partial charge in [0, 0.05) is 30.7 Å². The Kier molecular flexibility index (Phi) is 3.59. The average Bonchev–Trinajstić information content (AvgIpc) is 2.90. The Hall–Kier alpha value is -2.02. The Balaban J connectivity index is 1.88. The van der Waals surface area contributed by atoms with Gasteiger partial charge in [-0.1, -0.05) is 0 Å². The quantitative estimate of drug-likeness (QED) is 0.859. The highest BCUT2D eigenvalue weighted by Crippen LogP contribution is 2.21. The normalized spacial score (nSPS) is 22.6. The van der Waals surface area contributed by atoms with Crippen LogP contribution in [0.4, 0.5) is 5.95 Å². The smallest absolute Gasteiger partial charge is 0.245 e. The molecule has 112 valence electrons. The molecule has 1 aliphatic heterocycles. The van der Waals surface area contributed by atoms with Gasteiger partial charge in [0.2, 0.25) is 5.95 Å². The van der Waals surface area contributed by atoms with Crippen LogP contribution in [0, 0.1) is 13.8 Å². The summed E-state index contributed by atoms with van der Waals surface area (Å²) in [6.45, 7) is 10.0. The first-order valence-electron chi connectivity index (χ1n) is 7.27. The van der Waals surface area contributed by atoms with E-state index in [0.29, 0.717) is 12.1 Å². The Bertz CT molecular complexity index is 626. The summed E-state index contributed by atoms with van der Waals surface area (Å²) in [6.07, 6.45) is 0. The van der Waals surface area contributed by atoms with Gasteiger partial charge in [0.15, 0.2) is 5.82 Å². The molecule has 1 fully saturated rings. The van der Waals surface area contributed by atoms with Gasteiger partial charge in [-0.25, -0.2) is 0 Å². The van der Waals surface area contributed by atoms with Crippen molar-refractivity contribution in [3.8, 4) is 11.4 Å². The number of hydrogen-bond acceptors (Lipinski definition) is 6. The van der Waals surface area contributed by atoms with Crippen molar-refractivity contribution in [3.05, 3.63) is 17.5 Å². The number of H-pyrrole nitrogens is 1. The van der Waals surface area contributed by atoms with Crippen molar-refractivity contribution in [1.82, 2.24) is 30.7 Å². The Labute approximate surface area is 124 Å². The minimum Gasteiger partial charge on any atom is -0.336 e. The molecule has 7 heteroatoms. The third-order valence-electron chi connectivity index (χ3n) is 3.67. The minimum atomic E-state index is 0.433. The molecule has 2 aromatic rings. The van der Waals surface area contributed by atoms with Crippen LogP contribution in [-0.4, -0.2) is 50.6 Å². The summed E-state index contributed by atoms with van der Waals surface area (Å²) in [6, 6.07) is 2.85. The van der Waals surface area contributed by atoms with E-state index in [1.54, 1.807) is 0 Å². The van der Waals surface area contributed by atoms with Crippen LogP contribution in [0.5, 0.6) is 0 Å². The van der Waals surface area contributed by atoms with Gasteiger partial charge in [0.25, 0.3) is 0 Å². The van der Waals surface area contributed by atoms with Crippen molar-refractivity contribution in [2.45, 2.75) is 39.8 Å². The van der Waals surface area contributed by atoms with Crippen molar-refractivity contribution in [2.75, 3.05) is 18.0 Å². The Morgan fingerprint density at radius 2 is 1.86 bits per heavy atom. The van der Waals surface area contributed by atoms with Crippen LogP contribution in [0.1, 0.15) is 25.2 Å². The molecule has 0 radical (unpaired) electrons. The summed E-state index contributed by atoms with van der Waals surface area (Å²) in [7, 11) is 0. The third kappa shape index (κ3) is 2.87. The molecule has 0 amide bonds. The molecule has 21 heavy (non-hydrogen) atoms. The average molecular weight is 287 g/mol. The lowest BCUT2D eigenvalue weighted by atomic mass is 10.1. The number of nitrogens with zero attached hydrogens (tertiary/aromatic N) is 5. The van der Waals surface area contributed by atoms with Gasteiger partial charge in [0.1, 0.15) is 0 Å². The van der Waals surface area contributed by atoms with E-state index in [1.165, 1.54) is 0 Å². The van der Waals surface area contributed by atoms with Crippen LogP contribution in [0.2, 0.25) is 0 Å². The van der Waals surface area contributed by atoms with Gasteiger partial charge >= 0.3 is 0 Å². The Morgan fingerprint density at radius 3 is 2.57 bits per heavy atom. The molecule has 0 aromatic carbocycles. The summed E-state index contributed by atoms with van der Waals surface area (Å²) in [4.78, 5) is 6.85. The molecule has 3 rings (SSSR count). The summed E-state index contributed by atoms with van der Waals surface area (Å²) in [5.74, 6) is 1.50. The second-order valence-corrected chi connectivity index (χ2v) is 5.84. The molecule has 2 aromatic heterocycles. The van der Waals surface area contributed by atoms with E-state index in [-0.39, 0.29) is 0 Å². The number of aromatic amines is 1. The molecule has 3 heterocycles. The van der Waals surface area contributed by atoms with Gasteiger partial charge in [-0.05, 0) is 33.8 Å². The molecular weight excluding hydrogens is 266 g/mol. The zero-order valence-electron chi connectivity index (χ0n) is 12.9. The predicted octanol–water partition coefficient (Wildman–Crippen LogP) is 1.07. The summed E-state index contributed by atoms with van der Waals surface area (Å²) in [5.41, 5.74) is 2.68. The first-order chi connectivity index (χ1) is 10.0. The molecule has 0 bridgehead atoms. The highest BCUT2D eigenvalue weighted by Gasteiger charge is 2.24. The van der Waals surface area contributed by atoms with Crippen molar-refractivity contribution >= 4 is 5.95 Å². The second kappa shape index (κ2) is 5.40. The molecule has 2 atom stereocenters. The van der Waals surface area contributed by atoms with E-state index >= 15 is 0 Å². The fourth-order valence-corrected chi connectivity index (χ4v) is 2.79. The second-order valence-electron chi connectivity index (χ2n) is 5.84. The van der Waals surface area contributed by atoms with Gasteiger partial charge in [0.05, 0.1) is 11.4 Å². The molecule has 1 aliphatic rings. The Morgan fingerprint density at radius 1 is 1.14 bits per heavy atom.